The molecule has 0 N–H and O–H groups in total. The lowest BCUT2D eigenvalue weighted by Gasteiger charge is -2.26. The molecule has 0 fully saturated rings. The molecule has 0 aromatic heterocycles. The van der Waals surface area contributed by atoms with Crippen LogP contribution in [0.5, 0.6) is 0 Å². The molecule has 0 saturated carbocycles. The molecule has 0 heterocycles. The van der Waals surface area contributed by atoms with Crippen molar-refractivity contribution in [3.05, 3.63) is 48.6 Å². The van der Waals surface area contributed by atoms with Crippen molar-refractivity contribution in [3.63, 3.8) is 0 Å². The predicted octanol–water partition coefficient (Wildman–Crippen LogP) is 18.1. The van der Waals surface area contributed by atoms with Crippen LogP contribution in [0.25, 0.3) is 0 Å². The van der Waals surface area contributed by atoms with Gasteiger partial charge >= 0.3 is 11.9 Å². The van der Waals surface area contributed by atoms with E-state index in [1.54, 1.807) is 0 Å². The lowest BCUT2D eigenvalue weighted by Crippen LogP contribution is -2.44. The van der Waals surface area contributed by atoms with Crippen LogP contribution in [-0.2, 0) is 33.3 Å². The quantitative estimate of drug-likeness (QED) is 0.0195. The van der Waals surface area contributed by atoms with Gasteiger partial charge in [0.25, 0.3) is 0 Å². The fraction of sp³-hybridized carbons (Fsp3) is 0.836. The summed E-state index contributed by atoms with van der Waals surface area (Å²) in [7, 11) is 5.93. The molecule has 0 amide bonds. The van der Waals surface area contributed by atoms with Crippen LogP contribution >= 0.6 is 0 Å². The highest BCUT2D eigenvalue weighted by molar-refractivity contribution is 5.70. The summed E-state index contributed by atoms with van der Waals surface area (Å²) in [5.41, 5.74) is 0. The molecule has 0 aliphatic carbocycles. The molecular weight excluding hydrogens is 947 g/mol. The summed E-state index contributed by atoms with van der Waals surface area (Å²) >= 11 is 0. The number of allylic oxidation sites excluding steroid dienone is 8. The Labute approximate surface area is 470 Å². The van der Waals surface area contributed by atoms with Gasteiger partial charge in [-0.15, -0.1) is 0 Å². The van der Waals surface area contributed by atoms with Crippen molar-refractivity contribution < 1.29 is 42.9 Å². The van der Waals surface area contributed by atoms with Crippen LogP contribution in [0.1, 0.15) is 303 Å². The van der Waals surface area contributed by atoms with Crippen molar-refractivity contribution in [2.45, 2.75) is 315 Å². The zero-order valence-electron chi connectivity index (χ0n) is 50.6. The molecule has 2 atom stereocenters. The van der Waals surface area contributed by atoms with Crippen LogP contribution in [0.3, 0.4) is 0 Å². The first-order valence-corrected chi connectivity index (χ1v) is 32.3. The molecule has 0 radical (unpaired) electrons. The minimum Gasteiger partial charge on any atom is -0.545 e. The Hall–Kier alpha value is -2.75. The number of hydrogen-bond acceptors (Lipinski definition) is 8. The second kappa shape index (κ2) is 58.4. The van der Waals surface area contributed by atoms with E-state index in [0.29, 0.717) is 17.4 Å². The fourth-order valence-electron chi connectivity index (χ4n) is 9.41. The molecule has 2 unspecified atom stereocenters. The Morgan fingerprint density at radius 2 is 0.750 bits per heavy atom. The Morgan fingerprint density at radius 1 is 0.408 bits per heavy atom. The number of carbonyl (C=O) groups excluding carboxylic acids is 3. The van der Waals surface area contributed by atoms with E-state index in [2.05, 4.69) is 62.5 Å². The van der Waals surface area contributed by atoms with Crippen LogP contribution < -0.4 is 5.11 Å². The number of likely N-dealkylation sites (N-methyl/N-ethyl adjacent to an activating group) is 1. The highest BCUT2D eigenvalue weighted by atomic mass is 16.7. The maximum absolute atomic E-state index is 12.9. The van der Waals surface area contributed by atoms with Crippen molar-refractivity contribution in [1.29, 1.82) is 0 Å². The molecule has 0 aromatic rings. The van der Waals surface area contributed by atoms with Crippen LogP contribution in [-0.4, -0.2) is 82.3 Å². The lowest BCUT2D eigenvalue weighted by molar-refractivity contribution is -0.870. The number of esters is 2. The molecule has 76 heavy (non-hydrogen) atoms. The monoisotopic (exact) mass is 1070 g/mol. The van der Waals surface area contributed by atoms with Crippen molar-refractivity contribution >= 4 is 17.9 Å². The summed E-state index contributed by atoms with van der Waals surface area (Å²) < 4.78 is 22.7. The van der Waals surface area contributed by atoms with E-state index in [0.717, 1.165) is 64.2 Å². The lowest BCUT2D eigenvalue weighted by atomic mass is 10.0. The first-order valence-electron chi connectivity index (χ1n) is 32.3. The Kier molecular flexibility index (Phi) is 56.3. The van der Waals surface area contributed by atoms with Crippen LogP contribution in [0.2, 0.25) is 0 Å². The summed E-state index contributed by atoms with van der Waals surface area (Å²) in [5, 5.41) is 11.8. The van der Waals surface area contributed by atoms with Gasteiger partial charge in [-0.1, -0.05) is 287 Å². The number of hydrogen-bond donors (Lipinski definition) is 0. The largest absolute Gasteiger partial charge is 0.545 e. The van der Waals surface area contributed by atoms with Crippen molar-refractivity contribution in [2.24, 2.45) is 0 Å². The van der Waals surface area contributed by atoms with Gasteiger partial charge < -0.3 is 33.3 Å². The number of rotatable bonds is 60. The molecular formula is C67H123NO8. The number of aliphatic carboxylic acids is 1. The van der Waals surface area contributed by atoms with E-state index in [1.165, 1.54) is 212 Å². The maximum Gasteiger partial charge on any atom is 0.306 e. The smallest absolute Gasteiger partial charge is 0.306 e. The Morgan fingerprint density at radius 3 is 1.12 bits per heavy atom. The minimum absolute atomic E-state index is 0.151. The van der Waals surface area contributed by atoms with Gasteiger partial charge in [0.05, 0.1) is 40.3 Å². The molecule has 0 bridgehead atoms. The Balaban J connectivity index is 3.97. The van der Waals surface area contributed by atoms with Gasteiger partial charge in [-0.05, 0) is 51.4 Å². The summed E-state index contributed by atoms with van der Waals surface area (Å²) in [5.74, 6) is -2.26. The molecule has 0 rings (SSSR count). The molecule has 9 nitrogen and oxygen atoms in total. The molecule has 0 spiro atoms. The molecule has 444 valence electrons. The van der Waals surface area contributed by atoms with Gasteiger partial charge in [0.1, 0.15) is 13.2 Å². The first kappa shape index (κ1) is 73.2. The first-order chi connectivity index (χ1) is 37.1. The van der Waals surface area contributed by atoms with Crippen LogP contribution in [0.4, 0.5) is 0 Å². The number of carbonyl (C=O) groups is 3. The van der Waals surface area contributed by atoms with Crippen molar-refractivity contribution in [1.82, 2.24) is 0 Å². The standard InChI is InChI=1S/C67H123NO8/c1-6-8-10-12-14-16-18-20-22-23-24-25-26-27-28-29-30-31-32-33-34-35-36-37-38-39-40-41-42-43-44-46-48-50-52-54-56-58-65(70)76-63(62-75-67(66(71)72)73-60-59-68(3,4)5)61-74-64(69)57-55-53-51-49-47-45-21-19-17-15-13-11-9-7-2/h8,10,14,16,20,22,24-25,63,67H,6-7,9,11-13,15,17-19,21,23,26-62H2,1-5H3/b10-8-,16-14-,22-20-,25-24-. The summed E-state index contributed by atoms with van der Waals surface area (Å²) in [6.45, 7) is 4.68. The third kappa shape index (κ3) is 58.9. The summed E-state index contributed by atoms with van der Waals surface area (Å²) in [4.78, 5) is 37.3. The summed E-state index contributed by atoms with van der Waals surface area (Å²) in [6.07, 6.45) is 70.5. The third-order valence-corrected chi connectivity index (χ3v) is 14.3. The van der Waals surface area contributed by atoms with Gasteiger partial charge in [-0.25, -0.2) is 0 Å². The van der Waals surface area contributed by atoms with Gasteiger partial charge in [-0.3, -0.25) is 9.59 Å². The highest BCUT2D eigenvalue weighted by Crippen LogP contribution is 2.18. The molecule has 0 aliphatic heterocycles. The minimum atomic E-state index is -1.62. The van der Waals surface area contributed by atoms with Crippen LogP contribution in [0.15, 0.2) is 48.6 Å². The van der Waals surface area contributed by atoms with Gasteiger partial charge in [0, 0.05) is 12.8 Å². The Bertz CT molecular complexity index is 1380. The van der Waals surface area contributed by atoms with E-state index >= 15 is 0 Å². The van der Waals surface area contributed by atoms with Crippen molar-refractivity contribution in [3.8, 4) is 0 Å². The number of ether oxygens (including phenoxy) is 4. The number of unbranched alkanes of at least 4 members (excludes halogenated alkanes) is 37. The van der Waals surface area contributed by atoms with E-state index in [-0.39, 0.29) is 32.2 Å². The topological polar surface area (TPSA) is 111 Å². The third-order valence-electron chi connectivity index (χ3n) is 14.3. The van der Waals surface area contributed by atoms with Gasteiger partial charge in [0.2, 0.25) is 0 Å². The van der Waals surface area contributed by atoms with Crippen LogP contribution in [0, 0.1) is 0 Å². The van der Waals surface area contributed by atoms with Gasteiger partial charge in [0.15, 0.2) is 12.4 Å². The maximum atomic E-state index is 12.9. The zero-order valence-corrected chi connectivity index (χ0v) is 50.6. The normalized spacial score (nSPS) is 13.0. The molecule has 0 aromatic carbocycles. The predicted molar refractivity (Wildman–Crippen MR) is 320 cm³/mol. The number of carboxylic acid groups (broad SMARTS) is 1. The van der Waals surface area contributed by atoms with E-state index in [4.69, 9.17) is 18.9 Å². The SMILES string of the molecule is CC/C=C\C/C=C\C/C=C\C/C=C\CCCCCCCCCCCCCCCCCCCCCCCCCCC(=O)OC(COC(=O)CCCCCCCCCCCCCCCC)COC(OCC[N+](C)(C)C)C(=O)[O-]. The van der Waals surface area contributed by atoms with Crippen molar-refractivity contribution in [2.75, 3.05) is 47.5 Å². The fourth-order valence-corrected chi connectivity index (χ4v) is 9.41. The average molecular weight is 1070 g/mol. The second-order valence-electron chi connectivity index (χ2n) is 23.0. The number of nitrogens with zero attached hydrogens (tertiary/aromatic N) is 1. The average Bonchev–Trinajstić information content (AvgIpc) is 3.39. The second-order valence-corrected chi connectivity index (χ2v) is 23.0. The molecule has 0 aliphatic rings. The van der Waals surface area contributed by atoms with E-state index in [1.807, 2.05) is 21.1 Å². The van der Waals surface area contributed by atoms with Gasteiger partial charge in [-0.2, -0.15) is 0 Å². The number of carboxylic acids is 1. The molecule has 9 heteroatoms. The van der Waals surface area contributed by atoms with E-state index in [9.17, 15) is 19.5 Å². The van der Waals surface area contributed by atoms with E-state index < -0.39 is 24.3 Å². The summed E-state index contributed by atoms with van der Waals surface area (Å²) in [6, 6.07) is 0. The molecule has 0 saturated heterocycles. The highest BCUT2D eigenvalue weighted by Gasteiger charge is 2.22. The number of quaternary nitrogens is 1. The zero-order chi connectivity index (χ0) is 55.5.